The van der Waals surface area contributed by atoms with Crippen molar-refractivity contribution in [1.29, 1.82) is 0 Å². The van der Waals surface area contributed by atoms with Crippen LogP contribution in [0, 0.1) is 0 Å². The molecule has 1 N–H and O–H groups in total. The van der Waals surface area contributed by atoms with Gasteiger partial charge in [0.1, 0.15) is 0 Å². The van der Waals surface area contributed by atoms with Crippen LogP contribution in [0.2, 0.25) is 0 Å². The van der Waals surface area contributed by atoms with Gasteiger partial charge in [-0.25, -0.2) is 0 Å². The van der Waals surface area contributed by atoms with E-state index in [0.717, 1.165) is 30.3 Å². The van der Waals surface area contributed by atoms with Crippen LogP contribution in [0.25, 0.3) is 10.9 Å². The summed E-state index contributed by atoms with van der Waals surface area (Å²) in [4.78, 5) is 0. The number of hydrogen-bond donors (Lipinski definition) is 1. The zero-order chi connectivity index (χ0) is 13.5. The minimum Gasteiger partial charge on any atom is -0.392 e. The van der Waals surface area contributed by atoms with Crippen molar-refractivity contribution in [3.05, 3.63) is 36.0 Å². The molecule has 1 aliphatic rings. The van der Waals surface area contributed by atoms with Crippen molar-refractivity contribution in [3.8, 4) is 0 Å². The lowest BCUT2D eigenvalue weighted by Gasteiger charge is -2.19. The van der Waals surface area contributed by atoms with E-state index in [4.69, 9.17) is 4.74 Å². The number of benzene rings is 1. The Morgan fingerprint density at radius 1 is 1.37 bits per heavy atom. The van der Waals surface area contributed by atoms with Crippen LogP contribution in [-0.4, -0.2) is 21.4 Å². The van der Waals surface area contributed by atoms with Gasteiger partial charge >= 0.3 is 0 Å². The number of aliphatic hydroxyl groups excluding tert-OH is 1. The fourth-order valence-electron chi connectivity index (χ4n) is 3.03. The van der Waals surface area contributed by atoms with Crippen molar-refractivity contribution in [2.75, 3.05) is 0 Å². The molecule has 0 amide bonds. The molecule has 3 rings (SSSR count). The maximum Gasteiger partial charge on any atom is 0.0762 e. The van der Waals surface area contributed by atoms with E-state index in [2.05, 4.69) is 36.7 Å². The summed E-state index contributed by atoms with van der Waals surface area (Å²) >= 11 is 0. The smallest absolute Gasteiger partial charge is 0.0762 e. The second kappa shape index (κ2) is 4.66. The molecule has 1 unspecified atom stereocenters. The Balaban J connectivity index is 1.89. The Morgan fingerprint density at radius 2 is 2.16 bits per heavy atom. The molecule has 2 aromatic rings. The van der Waals surface area contributed by atoms with Crippen LogP contribution in [0.3, 0.4) is 0 Å². The van der Waals surface area contributed by atoms with Crippen molar-refractivity contribution < 1.29 is 9.84 Å². The third kappa shape index (κ3) is 2.40. The average Bonchev–Trinajstić information content (AvgIpc) is 2.91. The van der Waals surface area contributed by atoms with Gasteiger partial charge in [0.05, 0.1) is 18.3 Å². The molecule has 0 bridgehead atoms. The van der Waals surface area contributed by atoms with Gasteiger partial charge in [-0.3, -0.25) is 0 Å². The van der Waals surface area contributed by atoms with Gasteiger partial charge in [-0.05, 0) is 32.8 Å². The standard InChI is InChI=1S/C16H21NO2/c1-16(2)8-7-13(19-16)10-17-9-12(11-18)14-5-3-4-6-15(14)17/h3-6,9,13,18H,7-8,10-11H2,1-2H3. The highest BCUT2D eigenvalue weighted by Gasteiger charge is 2.31. The fraction of sp³-hybridized carbons (Fsp3) is 0.500. The van der Waals surface area contributed by atoms with Gasteiger partial charge in [0.2, 0.25) is 0 Å². The molecule has 1 aliphatic heterocycles. The summed E-state index contributed by atoms with van der Waals surface area (Å²) in [5.74, 6) is 0. The Kier molecular flexibility index (Phi) is 3.11. The minimum atomic E-state index is 0.00737. The number of ether oxygens (including phenoxy) is 1. The first-order valence-corrected chi connectivity index (χ1v) is 6.94. The van der Waals surface area contributed by atoms with Gasteiger partial charge in [0.25, 0.3) is 0 Å². The van der Waals surface area contributed by atoms with E-state index >= 15 is 0 Å². The predicted octanol–water partition coefficient (Wildman–Crippen LogP) is 3.09. The number of hydrogen-bond acceptors (Lipinski definition) is 2. The number of rotatable bonds is 3. The minimum absolute atomic E-state index is 0.00737. The molecule has 1 saturated heterocycles. The van der Waals surface area contributed by atoms with Crippen LogP contribution >= 0.6 is 0 Å². The molecule has 1 fully saturated rings. The van der Waals surface area contributed by atoms with E-state index in [-0.39, 0.29) is 18.3 Å². The zero-order valence-electron chi connectivity index (χ0n) is 11.6. The third-order valence-corrected chi connectivity index (χ3v) is 4.00. The average molecular weight is 259 g/mol. The van der Waals surface area contributed by atoms with Gasteiger partial charge in [-0.1, -0.05) is 18.2 Å². The number of nitrogens with zero attached hydrogens (tertiary/aromatic N) is 1. The molecule has 2 heterocycles. The second-order valence-electron chi connectivity index (χ2n) is 6.02. The Morgan fingerprint density at radius 3 is 2.84 bits per heavy atom. The highest BCUT2D eigenvalue weighted by atomic mass is 16.5. The molecule has 1 aromatic carbocycles. The van der Waals surface area contributed by atoms with E-state index in [0.29, 0.717) is 0 Å². The zero-order valence-corrected chi connectivity index (χ0v) is 11.6. The molecule has 19 heavy (non-hydrogen) atoms. The summed E-state index contributed by atoms with van der Waals surface area (Å²) in [7, 11) is 0. The van der Waals surface area contributed by atoms with Gasteiger partial charge < -0.3 is 14.4 Å². The number of aliphatic hydroxyl groups is 1. The predicted molar refractivity (Wildman–Crippen MR) is 76.0 cm³/mol. The second-order valence-corrected chi connectivity index (χ2v) is 6.02. The highest BCUT2D eigenvalue weighted by molar-refractivity contribution is 5.83. The van der Waals surface area contributed by atoms with Gasteiger partial charge in [0, 0.05) is 29.2 Å². The lowest BCUT2D eigenvalue weighted by atomic mass is 10.1. The first-order chi connectivity index (χ1) is 9.09. The van der Waals surface area contributed by atoms with E-state index in [1.807, 2.05) is 12.1 Å². The van der Waals surface area contributed by atoms with Crippen LogP contribution in [0.4, 0.5) is 0 Å². The summed E-state index contributed by atoms with van der Waals surface area (Å²) in [5.41, 5.74) is 2.18. The molecule has 0 spiro atoms. The maximum atomic E-state index is 9.45. The largest absolute Gasteiger partial charge is 0.392 e. The molecule has 1 atom stereocenters. The number of fused-ring (bicyclic) bond motifs is 1. The molecule has 0 aliphatic carbocycles. The van der Waals surface area contributed by atoms with Crippen molar-refractivity contribution in [3.63, 3.8) is 0 Å². The van der Waals surface area contributed by atoms with E-state index in [9.17, 15) is 5.11 Å². The van der Waals surface area contributed by atoms with E-state index in [1.165, 1.54) is 5.52 Å². The summed E-state index contributed by atoms with van der Waals surface area (Å²) in [6, 6.07) is 8.23. The van der Waals surface area contributed by atoms with Gasteiger partial charge in [0.15, 0.2) is 0 Å². The first-order valence-electron chi connectivity index (χ1n) is 6.94. The van der Waals surface area contributed by atoms with Crippen LogP contribution in [0.5, 0.6) is 0 Å². The molecule has 3 nitrogen and oxygen atoms in total. The molecule has 1 aromatic heterocycles. The van der Waals surface area contributed by atoms with Crippen LogP contribution < -0.4 is 0 Å². The lowest BCUT2D eigenvalue weighted by Crippen LogP contribution is -2.22. The summed E-state index contributed by atoms with van der Waals surface area (Å²) < 4.78 is 8.28. The normalized spacial score (nSPS) is 22.2. The Labute approximate surface area is 113 Å². The highest BCUT2D eigenvalue weighted by Crippen LogP contribution is 2.31. The maximum absolute atomic E-state index is 9.45. The van der Waals surface area contributed by atoms with Crippen molar-refractivity contribution in [2.24, 2.45) is 0 Å². The van der Waals surface area contributed by atoms with Gasteiger partial charge in [-0.15, -0.1) is 0 Å². The van der Waals surface area contributed by atoms with E-state index in [1.54, 1.807) is 0 Å². The number of aromatic nitrogens is 1. The van der Waals surface area contributed by atoms with Crippen LogP contribution in [0.15, 0.2) is 30.5 Å². The summed E-state index contributed by atoms with van der Waals surface area (Å²) in [5, 5.41) is 10.6. The first kappa shape index (κ1) is 12.7. The van der Waals surface area contributed by atoms with Crippen molar-refractivity contribution in [1.82, 2.24) is 4.57 Å². The van der Waals surface area contributed by atoms with Crippen LogP contribution in [0.1, 0.15) is 32.3 Å². The molecule has 3 heteroatoms. The lowest BCUT2D eigenvalue weighted by molar-refractivity contribution is -0.0212. The summed E-state index contributed by atoms with van der Waals surface area (Å²) in [6.45, 7) is 5.26. The van der Waals surface area contributed by atoms with Crippen molar-refractivity contribution >= 4 is 10.9 Å². The Bertz CT molecular complexity index is 585. The third-order valence-electron chi connectivity index (χ3n) is 4.00. The van der Waals surface area contributed by atoms with Crippen molar-refractivity contribution in [2.45, 2.75) is 51.5 Å². The molecular formula is C16H21NO2. The molecular weight excluding hydrogens is 238 g/mol. The number of para-hydroxylation sites is 1. The fourth-order valence-corrected chi connectivity index (χ4v) is 3.03. The van der Waals surface area contributed by atoms with Gasteiger partial charge in [-0.2, -0.15) is 0 Å². The monoisotopic (exact) mass is 259 g/mol. The van der Waals surface area contributed by atoms with Crippen LogP contribution in [-0.2, 0) is 17.9 Å². The van der Waals surface area contributed by atoms with E-state index < -0.39 is 0 Å². The quantitative estimate of drug-likeness (QED) is 0.919. The summed E-state index contributed by atoms with van der Waals surface area (Å²) in [6.07, 6.45) is 4.55. The Hall–Kier alpha value is -1.32. The topological polar surface area (TPSA) is 34.4 Å². The molecule has 0 saturated carbocycles. The molecule has 0 radical (unpaired) electrons. The molecule has 102 valence electrons. The SMILES string of the molecule is CC1(C)CCC(Cn2cc(CO)c3ccccc32)O1.